The molecule has 0 aromatic carbocycles. The fourth-order valence-electron chi connectivity index (χ4n) is 2.29. The molecule has 1 aliphatic heterocycles. The number of thiocarbonyl (C=S) groups is 1. The molecule has 0 radical (unpaired) electrons. The van der Waals surface area contributed by atoms with E-state index in [1.807, 2.05) is 6.07 Å². The molecular weight excluding hydrogens is 364 g/mol. The van der Waals surface area contributed by atoms with E-state index in [0.29, 0.717) is 22.3 Å². The molecule has 1 aromatic heterocycles. The van der Waals surface area contributed by atoms with Crippen molar-refractivity contribution in [1.82, 2.24) is 14.1 Å². The quantitative estimate of drug-likeness (QED) is 0.534. The molecule has 2 rings (SSSR count). The summed E-state index contributed by atoms with van der Waals surface area (Å²) in [7, 11) is -0.181. The third kappa shape index (κ3) is 4.25. The highest BCUT2D eigenvalue weighted by Gasteiger charge is 2.33. The van der Waals surface area contributed by atoms with Gasteiger partial charge in [-0.25, -0.2) is 8.42 Å². The second-order valence-electron chi connectivity index (χ2n) is 5.54. The van der Waals surface area contributed by atoms with Gasteiger partial charge in [-0.1, -0.05) is 0 Å². The third-order valence-electron chi connectivity index (χ3n) is 3.69. The minimum absolute atomic E-state index is 0.0196. The molecule has 1 amide bonds. The van der Waals surface area contributed by atoms with Gasteiger partial charge in [0.15, 0.2) is 5.11 Å². The first-order chi connectivity index (χ1) is 11.6. The van der Waals surface area contributed by atoms with Crippen molar-refractivity contribution in [3.8, 4) is 6.07 Å². The summed E-state index contributed by atoms with van der Waals surface area (Å²) in [5, 5.41) is 9.04. The molecule has 0 bridgehead atoms. The zero-order valence-electron chi connectivity index (χ0n) is 14.1. The number of likely N-dealkylation sites (N-methyl/N-ethyl adjacent to an activating group) is 2. The van der Waals surface area contributed by atoms with Crippen molar-refractivity contribution in [1.29, 1.82) is 5.26 Å². The van der Waals surface area contributed by atoms with E-state index in [1.54, 1.807) is 37.2 Å². The van der Waals surface area contributed by atoms with E-state index in [-0.39, 0.29) is 25.4 Å². The summed E-state index contributed by atoms with van der Waals surface area (Å²) in [5.41, 5.74) is 0.373. The number of amides is 1. The van der Waals surface area contributed by atoms with Gasteiger partial charge < -0.3 is 9.32 Å². The van der Waals surface area contributed by atoms with Crippen LogP contribution >= 0.6 is 12.2 Å². The van der Waals surface area contributed by atoms with E-state index in [9.17, 15) is 13.2 Å². The van der Waals surface area contributed by atoms with Crippen molar-refractivity contribution in [2.24, 2.45) is 0 Å². The summed E-state index contributed by atoms with van der Waals surface area (Å²) in [6.07, 6.45) is 2.73. The van der Waals surface area contributed by atoms with E-state index in [2.05, 4.69) is 0 Å². The third-order valence-corrected chi connectivity index (χ3v) is 5.49. The van der Waals surface area contributed by atoms with Crippen LogP contribution in [0.2, 0.25) is 0 Å². The van der Waals surface area contributed by atoms with Crippen molar-refractivity contribution in [2.45, 2.75) is 13.0 Å². The number of rotatable bonds is 6. The first-order valence-corrected chi connectivity index (χ1v) is 9.59. The predicted molar refractivity (Wildman–Crippen MR) is 95.3 cm³/mol. The zero-order valence-corrected chi connectivity index (χ0v) is 15.7. The van der Waals surface area contributed by atoms with Crippen LogP contribution < -0.4 is 0 Å². The van der Waals surface area contributed by atoms with E-state index >= 15 is 0 Å². The number of hydrogen-bond donors (Lipinski definition) is 0. The Morgan fingerprint density at radius 3 is 2.56 bits per heavy atom. The summed E-state index contributed by atoms with van der Waals surface area (Å²) >= 11 is 5.14. The second kappa shape index (κ2) is 7.35. The van der Waals surface area contributed by atoms with Gasteiger partial charge in [0.2, 0.25) is 10.0 Å². The molecule has 0 unspecified atom stereocenters. The van der Waals surface area contributed by atoms with Crippen LogP contribution in [0.1, 0.15) is 17.9 Å². The molecule has 1 saturated heterocycles. The average Bonchev–Trinajstić information content (AvgIpc) is 3.05. The van der Waals surface area contributed by atoms with Gasteiger partial charge in [0.25, 0.3) is 5.91 Å². The van der Waals surface area contributed by atoms with Crippen LogP contribution in [0.25, 0.3) is 6.08 Å². The maximum Gasteiger partial charge on any atom is 0.276 e. The molecule has 1 aromatic rings. The van der Waals surface area contributed by atoms with Crippen molar-refractivity contribution in [2.75, 3.05) is 26.9 Å². The molecule has 1 fully saturated rings. The van der Waals surface area contributed by atoms with Gasteiger partial charge in [-0.3, -0.25) is 9.69 Å². The first-order valence-electron chi connectivity index (χ1n) is 7.33. The highest BCUT2D eigenvalue weighted by Crippen LogP contribution is 2.22. The van der Waals surface area contributed by atoms with Gasteiger partial charge >= 0.3 is 0 Å². The first kappa shape index (κ1) is 19.1. The van der Waals surface area contributed by atoms with E-state index < -0.39 is 10.0 Å². The number of carbonyl (C=O) groups excluding carboxylic acids is 1. The van der Waals surface area contributed by atoms with Crippen LogP contribution in [0.4, 0.5) is 0 Å². The Balaban J connectivity index is 2.20. The molecule has 8 nitrogen and oxygen atoms in total. The lowest BCUT2D eigenvalue weighted by Crippen LogP contribution is -2.30. The largest absolute Gasteiger partial charge is 0.460 e. The molecule has 2 heterocycles. The van der Waals surface area contributed by atoms with Gasteiger partial charge in [-0.15, -0.1) is 0 Å². The SMILES string of the molecule is CN1C(=O)/C(=C\c2ccc(CN(CCC#N)S(C)(=O)=O)o2)N(C)C1=S. The van der Waals surface area contributed by atoms with Gasteiger partial charge in [0, 0.05) is 33.1 Å². The van der Waals surface area contributed by atoms with Gasteiger partial charge in [0.05, 0.1) is 18.9 Å². The van der Waals surface area contributed by atoms with Crippen LogP contribution in [-0.4, -0.2) is 60.4 Å². The van der Waals surface area contributed by atoms with Crippen molar-refractivity contribution >= 4 is 39.3 Å². The molecule has 25 heavy (non-hydrogen) atoms. The smallest absolute Gasteiger partial charge is 0.276 e. The molecular formula is C15H18N4O4S2. The molecule has 0 N–H and O–H groups in total. The number of nitriles is 1. The highest BCUT2D eigenvalue weighted by molar-refractivity contribution is 7.88. The van der Waals surface area contributed by atoms with E-state index in [1.165, 1.54) is 9.21 Å². The predicted octanol–water partition coefficient (Wildman–Crippen LogP) is 0.984. The van der Waals surface area contributed by atoms with Crippen molar-refractivity contribution in [3.05, 3.63) is 29.4 Å². The maximum atomic E-state index is 12.1. The van der Waals surface area contributed by atoms with Gasteiger partial charge in [-0.2, -0.15) is 9.57 Å². The Morgan fingerprint density at radius 1 is 1.36 bits per heavy atom. The maximum absolute atomic E-state index is 12.1. The van der Waals surface area contributed by atoms with Crippen LogP contribution in [0.5, 0.6) is 0 Å². The number of carbonyl (C=O) groups is 1. The van der Waals surface area contributed by atoms with Crippen LogP contribution in [0.3, 0.4) is 0 Å². The highest BCUT2D eigenvalue weighted by atomic mass is 32.2. The minimum Gasteiger partial charge on any atom is -0.460 e. The lowest BCUT2D eigenvalue weighted by molar-refractivity contribution is -0.121. The molecule has 0 aliphatic carbocycles. The Kier molecular flexibility index (Phi) is 5.62. The Hall–Kier alpha value is -2.22. The number of furan rings is 1. The molecule has 10 heteroatoms. The number of nitrogens with zero attached hydrogens (tertiary/aromatic N) is 4. The zero-order chi connectivity index (χ0) is 18.8. The molecule has 0 atom stereocenters. The topological polar surface area (TPSA) is 97.9 Å². The molecule has 0 saturated carbocycles. The fraction of sp³-hybridized carbons (Fsp3) is 0.400. The molecule has 0 spiro atoms. The normalized spacial score (nSPS) is 17.0. The van der Waals surface area contributed by atoms with Crippen LogP contribution in [-0.2, 0) is 21.4 Å². The standard InChI is InChI=1S/C15H18N4O4S2/c1-17-13(14(20)18(2)15(17)24)9-11-5-6-12(23-11)10-19(8-4-7-16)25(3,21)22/h5-6,9H,4,8,10H2,1-3H3/b13-9+. The van der Waals surface area contributed by atoms with Gasteiger partial charge in [0.1, 0.15) is 17.2 Å². The Bertz CT molecular complexity index is 866. The van der Waals surface area contributed by atoms with Crippen LogP contribution in [0, 0.1) is 11.3 Å². The van der Waals surface area contributed by atoms with Crippen molar-refractivity contribution < 1.29 is 17.6 Å². The lowest BCUT2D eigenvalue weighted by atomic mass is 10.3. The van der Waals surface area contributed by atoms with Crippen molar-refractivity contribution in [3.63, 3.8) is 0 Å². The minimum atomic E-state index is -3.46. The Labute approximate surface area is 151 Å². The Morgan fingerprint density at radius 2 is 2.04 bits per heavy atom. The number of hydrogen-bond acceptors (Lipinski definition) is 6. The lowest BCUT2D eigenvalue weighted by Gasteiger charge is -2.16. The summed E-state index contributed by atoms with van der Waals surface area (Å²) < 4.78 is 30.3. The monoisotopic (exact) mass is 382 g/mol. The van der Waals surface area contributed by atoms with E-state index in [0.717, 1.165) is 6.26 Å². The fourth-order valence-corrected chi connectivity index (χ4v) is 3.26. The summed E-state index contributed by atoms with van der Waals surface area (Å²) in [4.78, 5) is 15.1. The molecule has 1 aliphatic rings. The second-order valence-corrected chi connectivity index (χ2v) is 7.89. The van der Waals surface area contributed by atoms with Crippen LogP contribution in [0.15, 0.2) is 22.2 Å². The average molecular weight is 382 g/mol. The molecule has 134 valence electrons. The van der Waals surface area contributed by atoms with Gasteiger partial charge in [-0.05, 0) is 24.4 Å². The summed E-state index contributed by atoms with van der Waals surface area (Å²) in [6.45, 7) is 0.110. The summed E-state index contributed by atoms with van der Waals surface area (Å²) in [5.74, 6) is 0.591. The van der Waals surface area contributed by atoms with E-state index in [4.69, 9.17) is 21.9 Å². The summed E-state index contributed by atoms with van der Waals surface area (Å²) in [6, 6.07) is 5.21. The number of sulfonamides is 1.